The summed E-state index contributed by atoms with van der Waals surface area (Å²) in [6.45, 7) is 7.33. The van der Waals surface area contributed by atoms with E-state index in [1.807, 2.05) is 43.3 Å². The van der Waals surface area contributed by atoms with Gasteiger partial charge in [0.05, 0.1) is 10.9 Å². The first-order chi connectivity index (χ1) is 17.6. The first-order valence-corrected chi connectivity index (χ1v) is 13.5. The number of carbonyl (C=O) groups excluding carboxylic acids is 1. The Kier molecular flexibility index (Phi) is 7.65. The Bertz CT molecular complexity index is 1410. The van der Waals surface area contributed by atoms with Crippen LogP contribution in [0.1, 0.15) is 29.5 Å². The van der Waals surface area contributed by atoms with E-state index in [9.17, 15) is 13.2 Å². The molecule has 7 nitrogen and oxygen atoms in total. The minimum atomic E-state index is -3.88. The number of aryl methyl sites for hydroxylation is 1. The summed E-state index contributed by atoms with van der Waals surface area (Å²) in [7, 11) is -2.56. The Balaban J connectivity index is 1.33. The topological polar surface area (TPSA) is 84.9 Å². The fourth-order valence-electron chi connectivity index (χ4n) is 4.15. The molecule has 0 saturated carbocycles. The number of hydrogen-bond donors (Lipinski definition) is 1. The minimum Gasteiger partial charge on any atom is -0.449 e. The summed E-state index contributed by atoms with van der Waals surface area (Å²) >= 11 is 5.27. The number of thiocarbonyl (C=S) groups is 1. The summed E-state index contributed by atoms with van der Waals surface area (Å²) in [5, 5.41) is 2.58. The first-order valence-electron chi connectivity index (χ1n) is 11.7. The number of sulfonamides is 1. The summed E-state index contributed by atoms with van der Waals surface area (Å²) < 4.78 is 37.6. The summed E-state index contributed by atoms with van der Waals surface area (Å²) in [5.41, 5.74) is 5.43. The van der Waals surface area contributed by atoms with E-state index >= 15 is 0 Å². The molecule has 0 spiro atoms. The zero-order valence-electron chi connectivity index (χ0n) is 20.8. The molecule has 1 amide bonds. The standard InChI is InChI=1S/C28H28N2O5S2/c1-18-13-15-21(16-14-18)37(32,33)30(4)20(3)35-27(36)19(2)29-28(31)34-17-26-24-11-7-5-9-22(24)23-10-6-8-12-25(23)26/h5-16,19,26H,3,17H2,1-2,4H3,(H,29,31)/t19-/m0/s1. The van der Waals surface area contributed by atoms with Gasteiger partial charge in [-0.2, -0.15) is 0 Å². The second-order valence-corrected chi connectivity index (χ2v) is 11.2. The molecular weight excluding hydrogens is 508 g/mol. The van der Waals surface area contributed by atoms with Crippen molar-refractivity contribution in [3.63, 3.8) is 0 Å². The zero-order valence-corrected chi connectivity index (χ0v) is 22.4. The second kappa shape index (κ2) is 10.7. The van der Waals surface area contributed by atoms with Crippen molar-refractivity contribution in [3.8, 4) is 11.1 Å². The maximum absolute atomic E-state index is 12.9. The molecule has 37 heavy (non-hydrogen) atoms. The van der Waals surface area contributed by atoms with Crippen molar-refractivity contribution in [2.45, 2.75) is 30.7 Å². The molecule has 1 aliphatic rings. The minimum absolute atomic E-state index is 0.0514. The molecule has 3 aromatic rings. The predicted molar refractivity (Wildman–Crippen MR) is 147 cm³/mol. The molecule has 1 aliphatic carbocycles. The van der Waals surface area contributed by atoms with Crippen molar-refractivity contribution in [1.29, 1.82) is 0 Å². The fourth-order valence-corrected chi connectivity index (χ4v) is 5.40. The number of nitrogens with zero attached hydrogens (tertiary/aromatic N) is 1. The highest BCUT2D eigenvalue weighted by atomic mass is 32.2. The molecule has 0 radical (unpaired) electrons. The lowest BCUT2D eigenvalue weighted by molar-refractivity contribution is 0.141. The van der Waals surface area contributed by atoms with Crippen LogP contribution in [-0.2, 0) is 19.5 Å². The van der Waals surface area contributed by atoms with E-state index in [1.54, 1.807) is 19.1 Å². The zero-order chi connectivity index (χ0) is 26.7. The number of amides is 1. The van der Waals surface area contributed by atoms with Gasteiger partial charge in [0.2, 0.25) is 5.88 Å². The third kappa shape index (κ3) is 5.52. The Morgan fingerprint density at radius 2 is 1.57 bits per heavy atom. The monoisotopic (exact) mass is 536 g/mol. The number of benzene rings is 3. The second-order valence-electron chi connectivity index (χ2n) is 8.79. The van der Waals surface area contributed by atoms with E-state index in [-0.39, 0.29) is 28.4 Å². The molecule has 0 aromatic heterocycles. The van der Waals surface area contributed by atoms with Crippen LogP contribution < -0.4 is 5.32 Å². The van der Waals surface area contributed by atoms with Gasteiger partial charge >= 0.3 is 6.09 Å². The van der Waals surface area contributed by atoms with Gasteiger partial charge in [0, 0.05) is 13.0 Å². The van der Waals surface area contributed by atoms with E-state index in [4.69, 9.17) is 21.7 Å². The highest BCUT2D eigenvalue weighted by Crippen LogP contribution is 2.44. The quantitative estimate of drug-likeness (QED) is 0.308. The Labute approximate surface area is 222 Å². The summed E-state index contributed by atoms with van der Waals surface area (Å²) in [6, 6.07) is 21.8. The van der Waals surface area contributed by atoms with Crippen LogP contribution in [0.4, 0.5) is 4.79 Å². The number of alkyl carbamates (subject to hydrolysis) is 1. The van der Waals surface area contributed by atoms with Gasteiger partial charge < -0.3 is 14.8 Å². The van der Waals surface area contributed by atoms with Crippen LogP contribution >= 0.6 is 12.2 Å². The van der Waals surface area contributed by atoms with Gasteiger partial charge in [-0.05, 0) is 67.0 Å². The molecule has 0 bridgehead atoms. The van der Waals surface area contributed by atoms with Crippen LogP contribution in [0.15, 0.2) is 90.2 Å². The maximum Gasteiger partial charge on any atom is 0.407 e. The van der Waals surface area contributed by atoms with Crippen LogP contribution in [0.3, 0.4) is 0 Å². The average molecular weight is 537 g/mol. The number of fused-ring (bicyclic) bond motifs is 3. The highest BCUT2D eigenvalue weighted by molar-refractivity contribution is 7.89. The highest BCUT2D eigenvalue weighted by Gasteiger charge is 2.30. The van der Waals surface area contributed by atoms with E-state index in [1.165, 1.54) is 19.2 Å². The molecule has 9 heteroatoms. The van der Waals surface area contributed by atoms with Crippen LogP contribution in [0.25, 0.3) is 11.1 Å². The van der Waals surface area contributed by atoms with E-state index in [0.29, 0.717) is 0 Å². The van der Waals surface area contributed by atoms with Crippen molar-refractivity contribution in [1.82, 2.24) is 9.62 Å². The van der Waals surface area contributed by atoms with E-state index in [0.717, 1.165) is 32.1 Å². The first kappa shape index (κ1) is 26.4. The lowest BCUT2D eigenvalue weighted by atomic mass is 9.98. The van der Waals surface area contributed by atoms with Crippen molar-refractivity contribution in [2.24, 2.45) is 0 Å². The molecule has 3 aromatic carbocycles. The van der Waals surface area contributed by atoms with Gasteiger partial charge in [-0.25, -0.2) is 17.5 Å². The van der Waals surface area contributed by atoms with Gasteiger partial charge in [-0.15, -0.1) is 0 Å². The average Bonchev–Trinajstić information content (AvgIpc) is 3.20. The van der Waals surface area contributed by atoms with Gasteiger partial charge in [-0.3, -0.25) is 0 Å². The molecule has 192 valence electrons. The summed E-state index contributed by atoms with van der Waals surface area (Å²) in [6.07, 6.45) is -0.661. The smallest absolute Gasteiger partial charge is 0.407 e. The molecule has 0 unspecified atom stereocenters. The maximum atomic E-state index is 12.9. The molecule has 4 rings (SSSR count). The number of nitrogens with one attached hydrogen (secondary N) is 1. The number of ether oxygens (including phenoxy) is 2. The molecular formula is C28H28N2O5S2. The fraction of sp³-hybridized carbons (Fsp3) is 0.214. The van der Waals surface area contributed by atoms with Crippen molar-refractivity contribution < 1.29 is 22.7 Å². The van der Waals surface area contributed by atoms with Crippen LogP contribution in [0.2, 0.25) is 0 Å². The number of carbonyl (C=O) groups is 1. The third-order valence-corrected chi connectivity index (χ3v) is 8.51. The van der Waals surface area contributed by atoms with Crippen LogP contribution in [0.5, 0.6) is 0 Å². The SMILES string of the molecule is C=C(OC(=S)[C@H](C)NC(=O)OCC1c2ccccc2-c2ccccc21)N(C)S(=O)(=O)c1ccc(C)cc1. The van der Waals surface area contributed by atoms with Crippen molar-refractivity contribution in [2.75, 3.05) is 13.7 Å². The molecule has 0 heterocycles. The van der Waals surface area contributed by atoms with Gasteiger partial charge in [0.15, 0.2) is 5.05 Å². The van der Waals surface area contributed by atoms with E-state index < -0.39 is 22.2 Å². The Hall–Kier alpha value is -3.69. The number of hydrogen-bond acceptors (Lipinski definition) is 6. The summed E-state index contributed by atoms with van der Waals surface area (Å²) in [5.74, 6) is -0.260. The van der Waals surface area contributed by atoms with Gasteiger partial charge in [0.1, 0.15) is 6.61 Å². The van der Waals surface area contributed by atoms with Gasteiger partial charge in [0.25, 0.3) is 10.0 Å². The van der Waals surface area contributed by atoms with Crippen molar-refractivity contribution >= 4 is 33.4 Å². The van der Waals surface area contributed by atoms with Gasteiger partial charge in [-0.1, -0.05) is 66.2 Å². The normalized spacial score (nSPS) is 13.2. The molecule has 0 saturated heterocycles. The molecule has 0 aliphatic heterocycles. The lowest BCUT2D eigenvalue weighted by Gasteiger charge is -2.23. The van der Waals surface area contributed by atoms with Crippen LogP contribution in [-0.4, -0.2) is 43.6 Å². The Morgan fingerprint density at radius 1 is 1.03 bits per heavy atom. The summed E-state index contributed by atoms with van der Waals surface area (Å²) in [4.78, 5) is 12.7. The largest absolute Gasteiger partial charge is 0.449 e. The third-order valence-electron chi connectivity index (χ3n) is 6.28. The molecule has 1 N–H and O–H groups in total. The van der Waals surface area contributed by atoms with Crippen molar-refractivity contribution in [3.05, 3.63) is 102 Å². The molecule has 1 atom stereocenters. The van der Waals surface area contributed by atoms with Crippen LogP contribution in [0, 0.1) is 6.92 Å². The predicted octanol–water partition coefficient (Wildman–Crippen LogP) is 5.36. The Morgan fingerprint density at radius 3 is 2.14 bits per heavy atom. The number of rotatable bonds is 8. The molecule has 0 fully saturated rings. The lowest BCUT2D eigenvalue weighted by Crippen LogP contribution is -2.40. The van der Waals surface area contributed by atoms with E-state index in [2.05, 4.69) is 24.0 Å².